The maximum atomic E-state index is 14.0. The number of para-hydroxylation sites is 1. The van der Waals surface area contributed by atoms with Crippen LogP contribution in [0.2, 0.25) is 0 Å². The van der Waals surface area contributed by atoms with Crippen molar-refractivity contribution in [2.75, 3.05) is 12.4 Å². The molecule has 1 amide bonds. The maximum Gasteiger partial charge on any atom is 0.232 e. The molecular formula is C32H24FN3O2. The lowest BCUT2D eigenvalue weighted by atomic mass is 9.89. The third-order valence-corrected chi connectivity index (χ3v) is 6.54. The van der Waals surface area contributed by atoms with Crippen LogP contribution >= 0.6 is 0 Å². The Kier molecular flexibility index (Phi) is 7.10. The highest BCUT2D eigenvalue weighted by molar-refractivity contribution is 5.97. The van der Waals surface area contributed by atoms with Crippen molar-refractivity contribution >= 4 is 22.5 Å². The number of hydrogen-bond acceptors (Lipinski definition) is 4. The fourth-order valence-corrected chi connectivity index (χ4v) is 4.58. The van der Waals surface area contributed by atoms with Crippen molar-refractivity contribution in [3.8, 4) is 22.9 Å². The van der Waals surface area contributed by atoms with Crippen LogP contribution in [-0.4, -0.2) is 18.0 Å². The average Bonchev–Trinajstić information content (AvgIpc) is 2.96. The Labute approximate surface area is 220 Å². The fraction of sp³-hybridized carbons (Fsp3) is 0.0938. The minimum absolute atomic E-state index is 0.176. The van der Waals surface area contributed by atoms with E-state index in [1.807, 2.05) is 54.6 Å². The summed E-state index contributed by atoms with van der Waals surface area (Å²) in [7, 11) is 1.61. The van der Waals surface area contributed by atoms with Crippen LogP contribution in [0.4, 0.5) is 10.1 Å². The van der Waals surface area contributed by atoms with E-state index < -0.39 is 5.92 Å². The molecular weight excluding hydrogens is 477 g/mol. The highest BCUT2D eigenvalue weighted by Gasteiger charge is 2.23. The lowest BCUT2D eigenvalue weighted by Crippen LogP contribution is -2.23. The third kappa shape index (κ3) is 5.23. The Bertz CT molecular complexity index is 1640. The number of rotatable bonds is 7. The number of nitriles is 1. The first-order chi connectivity index (χ1) is 18.6. The molecule has 0 spiro atoms. The van der Waals surface area contributed by atoms with Gasteiger partial charge in [-0.15, -0.1) is 0 Å². The molecule has 1 N–H and O–H groups in total. The number of fused-ring (bicyclic) bond motifs is 1. The van der Waals surface area contributed by atoms with Gasteiger partial charge in [-0.3, -0.25) is 9.78 Å². The van der Waals surface area contributed by atoms with E-state index in [-0.39, 0.29) is 11.7 Å². The molecule has 1 aromatic heterocycles. The monoisotopic (exact) mass is 501 g/mol. The zero-order valence-electron chi connectivity index (χ0n) is 20.7. The van der Waals surface area contributed by atoms with Crippen molar-refractivity contribution in [3.63, 3.8) is 0 Å². The second kappa shape index (κ2) is 10.9. The summed E-state index contributed by atoms with van der Waals surface area (Å²) >= 11 is 0. The summed E-state index contributed by atoms with van der Waals surface area (Å²) in [5, 5.41) is 12.8. The first-order valence-electron chi connectivity index (χ1n) is 12.1. The van der Waals surface area contributed by atoms with Crippen molar-refractivity contribution < 1.29 is 13.9 Å². The van der Waals surface area contributed by atoms with Crippen LogP contribution in [0.15, 0.2) is 103 Å². The van der Waals surface area contributed by atoms with Crippen LogP contribution in [0.3, 0.4) is 0 Å². The van der Waals surface area contributed by atoms with Gasteiger partial charge in [0, 0.05) is 17.3 Å². The Morgan fingerprint density at radius 2 is 1.76 bits per heavy atom. The molecule has 0 fully saturated rings. The number of methoxy groups -OCH3 is 1. The van der Waals surface area contributed by atoms with Gasteiger partial charge in [0.2, 0.25) is 5.91 Å². The van der Waals surface area contributed by atoms with Crippen molar-refractivity contribution in [1.29, 1.82) is 5.26 Å². The van der Waals surface area contributed by atoms with E-state index >= 15 is 0 Å². The van der Waals surface area contributed by atoms with Crippen LogP contribution in [-0.2, 0) is 11.2 Å². The molecule has 0 aliphatic rings. The first-order valence-corrected chi connectivity index (χ1v) is 12.1. The Morgan fingerprint density at radius 3 is 2.50 bits per heavy atom. The fourth-order valence-electron chi connectivity index (χ4n) is 4.58. The number of aromatic nitrogens is 1. The van der Waals surface area contributed by atoms with Gasteiger partial charge in [-0.2, -0.15) is 5.26 Å². The molecule has 5 aromatic rings. The molecule has 0 radical (unpaired) electrons. The van der Waals surface area contributed by atoms with Crippen molar-refractivity contribution in [2.45, 2.75) is 12.3 Å². The van der Waals surface area contributed by atoms with Crippen molar-refractivity contribution in [1.82, 2.24) is 4.98 Å². The number of ether oxygens (including phenoxy) is 1. The SMILES string of the molecule is COc1ccccc1CC(C(=O)Nc1ccc(C#N)cc1)c1ccc(-c2ccnc3ccc(F)cc23)cc1. The van der Waals surface area contributed by atoms with Crippen LogP contribution in [0.1, 0.15) is 22.6 Å². The van der Waals surface area contributed by atoms with Crippen LogP contribution in [0, 0.1) is 17.1 Å². The van der Waals surface area contributed by atoms with Crippen LogP contribution in [0.5, 0.6) is 5.75 Å². The summed E-state index contributed by atoms with van der Waals surface area (Å²) in [6, 6.07) is 30.7. The van der Waals surface area contributed by atoms with Gasteiger partial charge in [-0.05, 0) is 83.3 Å². The van der Waals surface area contributed by atoms with E-state index in [1.54, 1.807) is 43.6 Å². The maximum absolute atomic E-state index is 14.0. The van der Waals surface area contributed by atoms with Gasteiger partial charge in [-0.25, -0.2) is 4.39 Å². The molecule has 0 saturated heterocycles. The van der Waals surface area contributed by atoms with Gasteiger partial charge >= 0.3 is 0 Å². The lowest BCUT2D eigenvalue weighted by Gasteiger charge is -2.19. The molecule has 6 heteroatoms. The van der Waals surface area contributed by atoms with Crippen molar-refractivity contribution in [3.05, 3.63) is 126 Å². The molecule has 1 atom stereocenters. The van der Waals surface area contributed by atoms with Gasteiger partial charge in [0.1, 0.15) is 11.6 Å². The average molecular weight is 502 g/mol. The number of carbonyl (C=O) groups is 1. The number of amides is 1. The topological polar surface area (TPSA) is 75.0 Å². The normalized spacial score (nSPS) is 11.5. The van der Waals surface area contributed by atoms with Gasteiger partial charge < -0.3 is 10.1 Å². The smallest absolute Gasteiger partial charge is 0.232 e. The summed E-state index contributed by atoms with van der Waals surface area (Å²) in [6.45, 7) is 0. The molecule has 186 valence electrons. The number of hydrogen-bond donors (Lipinski definition) is 1. The molecule has 38 heavy (non-hydrogen) atoms. The van der Waals surface area contributed by atoms with Gasteiger partial charge in [0.25, 0.3) is 0 Å². The second-order valence-corrected chi connectivity index (χ2v) is 8.89. The molecule has 5 nitrogen and oxygen atoms in total. The molecule has 0 aliphatic carbocycles. The van der Waals surface area contributed by atoms with Gasteiger partial charge in [-0.1, -0.05) is 42.5 Å². The zero-order valence-corrected chi connectivity index (χ0v) is 20.7. The number of benzene rings is 4. The van der Waals surface area contributed by atoms with Crippen molar-refractivity contribution in [2.24, 2.45) is 0 Å². The first kappa shape index (κ1) is 24.7. The van der Waals surface area contributed by atoms with Crippen LogP contribution in [0.25, 0.3) is 22.0 Å². The van der Waals surface area contributed by atoms with Crippen LogP contribution < -0.4 is 10.1 Å². The van der Waals surface area contributed by atoms with E-state index in [2.05, 4.69) is 16.4 Å². The van der Waals surface area contributed by atoms with E-state index in [4.69, 9.17) is 10.00 Å². The van der Waals surface area contributed by atoms with E-state index in [1.165, 1.54) is 12.1 Å². The summed E-state index contributed by atoms with van der Waals surface area (Å²) in [6.07, 6.45) is 2.13. The summed E-state index contributed by atoms with van der Waals surface area (Å²) < 4.78 is 19.5. The van der Waals surface area contributed by atoms with E-state index in [9.17, 15) is 9.18 Å². The Morgan fingerprint density at radius 1 is 1.00 bits per heavy atom. The molecule has 4 aromatic carbocycles. The van der Waals surface area contributed by atoms with E-state index in [0.29, 0.717) is 28.9 Å². The summed E-state index contributed by atoms with van der Waals surface area (Å²) in [5.74, 6) is -0.294. The number of halogens is 1. The summed E-state index contributed by atoms with van der Waals surface area (Å²) in [5.41, 5.74) is 5.35. The number of pyridine rings is 1. The molecule has 1 heterocycles. The zero-order chi connectivity index (χ0) is 26.5. The molecule has 0 bridgehead atoms. The minimum atomic E-state index is -0.511. The highest BCUT2D eigenvalue weighted by Crippen LogP contribution is 2.32. The number of nitrogens with one attached hydrogen (secondary N) is 1. The highest BCUT2D eigenvalue weighted by atomic mass is 19.1. The molecule has 0 aliphatic heterocycles. The minimum Gasteiger partial charge on any atom is -0.496 e. The standard InChI is InChI=1S/C32H24FN3O2/c1-38-31-5-3-2-4-24(31)18-28(32(37)36-26-13-6-21(20-34)7-14-26)23-10-8-22(9-11-23)27-16-17-35-30-15-12-25(33)19-29(27)30/h2-17,19,28H,18H2,1H3,(H,36,37). The second-order valence-electron chi connectivity index (χ2n) is 8.89. The quantitative estimate of drug-likeness (QED) is 0.264. The number of anilines is 1. The largest absolute Gasteiger partial charge is 0.496 e. The number of carbonyl (C=O) groups excluding carboxylic acids is 1. The lowest BCUT2D eigenvalue weighted by molar-refractivity contribution is -0.117. The molecule has 1 unspecified atom stereocenters. The Balaban J connectivity index is 1.49. The number of nitrogens with zero attached hydrogens (tertiary/aromatic N) is 2. The van der Waals surface area contributed by atoms with E-state index in [0.717, 1.165) is 27.6 Å². The predicted octanol–water partition coefficient (Wildman–Crippen LogP) is 6.89. The summed E-state index contributed by atoms with van der Waals surface area (Å²) in [4.78, 5) is 17.9. The molecule has 0 saturated carbocycles. The third-order valence-electron chi connectivity index (χ3n) is 6.54. The predicted molar refractivity (Wildman–Crippen MR) is 146 cm³/mol. The Hall–Kier alpha value is -5.02. The molecule has 5 rings (SSSR count). The van der Waals surface area contributed by atoms with Gasteiger partial charge in [0.05, 0.1) is 30.2 Å². The van der Waals surface area contributed by atoms with Gasteiger partial charge in [0.15, 0.2) is 0 Å².